The van der Waals surface area contributed by atoms with Gasteiger partial charge in [-0.1, -0.05) is 31.4 Å². The quantitative estimate of drug-likeness (QED) is 0.542. The van der Waals surface area contributed by atoms with Crippen LogP contribution in [0.2, 0.25) is 0 Å². The maximum atomic E-state index is 5.28. The summed E-state index contributed by atoms with van der Waals surface area (Å²) in [6.45, 7) is 7.61. The van der Waals surface area contributed by atoms with Gasteiger partial charge in [0.15, 0.2) is 0 Å². The van der Waals surface area contributed by atoms with Gasteiger partial charge in [0, 0.05) is 6.54 Å². The third kappa shape index (κ3) is 2.37. The largest absolute Gasteiger partial charge is 0.326 e. The second-order valence-corrected chi connectivity index (χ2v) is 1.39. The fourth-order valence-electron chi connectivity index (χ4n) is 0.371. The first-order valence-electron chi connectivity index (χ1n) is 2.49. The number of hydrogen-bond acceptors (Lipinski definition) is 1. The van der Waals surface area contributed by atoms with E-state index < -0.39 is 0 Å². The van der Waals surface area contributed by atoms with Crippen molar-refractivity contribution in [2.45, 2.75) is 0 Å². The normalized spacial score (nSPS) is 10.9. The van der Waals surface area contributed by atoms with Crippen LogP contribution in [0.1, 0.15) is 0 Å². The van der Waals surface area contributed by atoms with E-state index >= 15 is 0 Å². The van der Waals surface area contributed by atoms with E-state index in [-0.39, 0.29) is 0 Å². The van der Waals surface area contributed by atoms with Crippen LogP contribution in [0.3, 0.4) is 0 Å². The first kappa shape index (κ1) is 7.18. The zero-order chi connectivity index (χ0) is 6.41. The Balaban J connectivity index is 3.84. The Morgan fingerprint density at radius 3 is 2.25 bits per heavy atom. The van der Waals surface area contributed by atoms with Gasteiger partial charge in [-0.3, -0.25) is 0 Å². The Kier molecular flexibility index (Phi) is 3.90. The number of allylic oxidation sites excluding steroid dienone is 2. The van der Waals surface area contributed by atoms with Crippen LogP contribution in [0.5, 0.6) is 0 Å². The summed E-state index contributed by atoms with van der Waals surface area (Å²) in [7, 11) is 0. The molecule has 0 amide bonds. The van der Waals surface area contributed by atoms with Gasteiger partial charge < -0.3 is 5.73 Å². The minimum absolute atomic E-state index is 0.537. The monoisotopic (exact) mass is 109 g/mol. The predicted octanol–water partition coefficient (Wildman–Crippen LogP) is 1.24. The van der Waals surface area contributed by atoms with E-state index in [1.165, 1.54) is 0 Å². The maximum Gasteiger partial charge on any atom is 0.0177 e. The molecule has 0 atom stereocenters. The summed E-state index contributed by atoms with van der Waals surface area (Å²) in [6.07, 6.45) is 5.26. The first-order chi connectivity index (χ1) is 3.85. The van der Waals surface area contributed by atoms with E-state index in [4.69, 9.17) is 5.73 Å². The number of hydrogen-bond donors (Lipinski definition) is 1. The molecule has 0 unspecified atom stereocenters. The number of rotatable bonds is 3. The van der Waals surface area contributed by atoms with E-state index in [1.54, 1.807) is 12.2 Å². The van der Waals surface area contributed by atoms with Crippen LogP contribution in [0.25, 0.3) is 0 Å². The fourth-order valence-corrected chi connectivity index (χ4v) is 0.371. The second kappa shape index (κ2) is 4.34. The van der Waals surface area contributed by atoms with Crippen molar-refractivity contribution in [2.24, 2.45) is 5.73 Å². The molecule has 44 valence electrons. The summed E-state index contributed by atoms with van der Waals surface area (Å²) >= 11 is 0. The zero-order valence-electron chi connectivity index (χ0n) is 4.93. The molecule has 1 heteroatoms. The molecule has 8 heavy (non-hydrogen) atoms. The van der Waals surface area contributed by atoms with Gasteiger partial charge in [0.2, 0.25) is 0 Å². The number of nitrogens with two attached hydrogens (primary N) is 1. The second-order valence-electron chi connectivity index (χ2n) is 1.39. The summed E-state index contributed by atoms with van der Waals surface area (Å²) < 4.78 is 0. The molecule has 0 bridgehead atoms. The molecule has 0 radical (unpaired) electrons. The van der Waals surface area contributed by atoms with Gasteiger partial charge in [0.25, 0.3) is 0 Å². The minimum atomic E-state index is 0.537. The predicted molar refractivity (Wildman–Crippen MR) is 37.5 cm³/mol. The molecule has 0 aromatic carbocycles. The van der Waals surface area contributed by atoms with Crippen molar-refractivity contribution in [2.75, 3.05) is 6.54 Å². The Morgan fingerprint density at radius 1 is 1.50 bits per heavy atom. The highest BCUT2D eigenvalue weighted by Gasteiger charge is 1.79. The summed E-state index contributed by atoms with van der Waals surface area (Å²) in [5, 5.41) is 0. The van der Waals surface area contributed by atoms with Crippen LogP contribution in [-0.2, 0) is 0 Å². The molecule has 2 N–H and O–H groups in total. The Bertz CT molecular complexity index is 112. The molecule has 0 rings (SSSR count). The average Bonchev–Trinajstić information content (AvgIpc) is 1.83. The molecule has 0 saturated heterocycles. The fraction of sp³-hybridized carbons (Fsp3) is 0.143. The zero-order valence-corrected chi connectivity index (χ0v) is 4.93. The topological polar surface area (TPSA) is 26.0 Å². The van der Waals surface area contributed by atoms with Gasteiger partial charge in [0.05, 0.1) is 0 Å². The van der Waals surface area contributed by atoms with Gasteiger partial charge in [-0.2, -0.15) is 0 Å². The van der Waals surface area contributed by atoms with Crippen molar-refractivity contribution >= 4 is 0 Å². The molecule has 1 nitrogen and oxygen atoms in total. The molecular weight excluding hydrogens is 98.1 g/mol. The lowest BCUT2D eigenvalue weighted by Gasteiger charge is -1.89. The van der Waals surface area contributed by atoms with E-state index in [0.29, 0.717) is 6.54 Å². The Labute approximate surface area is 50.2 Å². The lowest BCUT2D eigenvalue weighted by Crippen LogP contribution is -1.99. The minimum Gasteiger partial charge on any atom is -0.326 e. The average molecular weight is 109 g/mol. The molecule has 0 spiro atoms. The molecule has 0 aliphatic carbocycles. The van der Waals surface area contributed by atoms with E-state index in [9.17, 15) is 0 Å². The molecule has 0 fully saturated rings. The molecule has 0 aliphatic heterocycles. The van der Waals surface area contributed by atoms with Crippen LogP contribution < -0.4 is 5.73 Å². The summed E-state index contributed by atoms with van der Waals surface area (Å²) in [6, 6.07) is 0. The first-order valence-corrected chi connectivity index (χ1v) is 2.49. The van der Waals surface area contributed by atoms with Crippen LogP contribution >= 0.6 is 0 Å². The summed E-state index contributed by atoms with van der Waals surface area (Å²) in [4.78, 5) is 0. The molecule has 0 aromatic rings. The molecule has 0 aliphatic rings. The van der Waals surface area contributed by atoms with E-state index in [1.807, 2.05) is 6.08 Å². The molecule has 0 saturated carbocycles. The molecule has 0 aromatic heterocycles. The van der Waals surface area contributed by atoms with Gasteiger partial charge in [-0.25, -0.2) is 0 Å². The van der Waals surface area contributed by atoms with Crippen molar-refractivity contribution < 1.29 is 0 Å². The third-order valence-electron chi connectivity index (χ3n) is 0.830. The molecule has 0 heterocycles. The maximum absolute atomic E-state index is 5.28. The molecular formula is C7H11N. The Hall–Kier alpha value is -0.820. The highest BCUT2D eigenvalue weighted by molar-refractivity contribution is 5.21. The lowest BCUT2D eigenvalue weighted by molar-refractivity contribution is 1.19. The van der Waals surface area contributed by atoms with Gasteiger partial charge in [0.1, 0.15) is 0 Å². The van der Waals surface area contributed by atoms with Gasteiger partial charge >= 0.3 is 0 Å². The summed E-state index contributed by atoms with van der Waals surface area (Å²) in [5.74, 6) is 0. The van der Waals surface area contributed by atoms with Crippen LogP contribution in [-0.4, -0.2) is 6.54 Å². The van der Waals surface area contributed by atoms with Gasteiger partial charge in [-0.15, -0.1) is 0 Å². The lowest BCUT2D eigenvalue weighted by atomic mass is 10.2. The van der Waals surface area contributed by atoms with E-state index in [0.717, 1.165) is 5.57 Å². The summed E-state index contributed by atoms with van der Waals surface area (Å²) in [5.41, 5.74) is 6.30. The van der Waals surface area contributed by atoms with Crippen molar-refractivity contribution in [1.29, 1.82) is 0 Å². The van der Waals surface area contributed by atoms with Crippen molar-refractivity contribution in [3.63, 3.8) is 0 Å². The van der Waals surface area contributed by atoms with Crippen LogP contribution in [0.15, 0.2) is 37.0 Å². The third-order valence-corrected chi connectivity index (χ3v) is 0.830. The van der Waals surface area contributed by atoms with Crippen LogP contribution in [0, 0.1) is 0 Å². The highest BCUT2D eigenvalue weighted by atomic mass is 14.5. The SMILES string of the molecule is C=CC=C(C=C)CN. The van der Waals surface area contributed by atoms with Crippen molar-refractivity contribution in [3.8, 4) is 0 Å². The van der Waals surface area contributed by atoms with Crippen molar-refractivity contribution in [1.82, 2.24) is 0 Å². The van der Waals surface area contributed by atoms with Crippen LogP contribution in [0.4, 0.5) is 0 Å². The van der Waals surface area contributed by atoms with E-state index in [2.05, 4.69) is 13.2 Å². The smallest absolute Gasteiger partial charge is 0.0177 e. The standard InChI is InChI=1S/C7H11N/c1-3-5-7(4-2)6-8/h3-5H,1-2,6,8H2. The van der Waals surface area contributed by atoms with Gasteiger partial charge in [-0.05, 0) is 5.57 Å². The highest BCUT2D eigenvalue weighted by Crippen LogP contribution is 1.90. The van der Waals surface area contributed by atoms with Crippen molar-refractivity contribution in [3.05, 3.63) is 37.0 Å². The Morgan fingerprint density at radius 2 is 2.12 bits per heavy atom.